The van der Waals surface area contributed by atoms with Gasteiger partial charge in [-0.15, -0.1) is 11.8 Å². The molecule has 0 bridgehead atoms. The van der Waals surface area contributed by atoms with Gasteiger partial charge in [0.1, 0.15) is 11.6 Å². The lowest BCUT2D eigenvalue weighted by Gasteiger charge is -2.08. The lowest BCUT2D eigenvalue weighted by molar-refractivity contribution is 0.475. The fourth-order valence-electron chi connectivity index (χ4n) is 1.75. The monoisotopic (exact) mass is 297 g/mol. The van der Waals surface area contributed by atoms with Crippen LogP contribution in [0.5, 0.6) is 0 Å². The molecule has 0 aliphatic carbocycles. The van der Waals surface area contributed by atoms with E-state index in [0.717, 1.165) is 36.0 Å². The summed E-state index contributed by atoms with van der Waals surface area (Å²) in [6.07, 6.45) is 2.87. The molecule has 6 heteroatoms. The molecule has 1 atom stereocenters. The molecule has 0 saturated carbocycles. The highest BCUT2D eigenvalue weighted by atomic mass is 32.2. The normalized spacial score (nSPS) is 12.6. The molecule has 2 rings (SSSR count). The van der Waals surface area contributed by atoms with Gasteiger partial charge in [-0.25, -0.2) is 8.78 Å². The summed E-state index contributed by atoms with van der Waals surface area (Å²) in [4.78, 5) is -0.0164. The third-order valence-corrected chi connectivity index (χ3v) is 4.21. The molecule has 0 fully saturated rings. The first-order chi connectivity index (χ1) is 9.51. The Labute approximate surface area is 121 Å². The van der Waals surface area contributed by atoms with Crippen molar-refractivity contribution in [3.05, 3.63) is 41.7 Å². The number of anilines is 1. The molecule has 0 aliphatic rings. The molecule has 108 valence electrons. The van der Waals surface area contributed by atoms with Crippen molar-refractivity contribution in [3.63, 3.8) is 0 Å². The van der Waals surface area contributed by atoms with Crippen LogP contribution in [0.15, 0.2) is 29.3 Å². The Morgan fingerprint density at radius 2 is 2.00 bits per heavy atom. The molecule has 0 aliphatic heterocycles. The van der Waals surface area contributed by atoms with E-state index in [1.165, 1.54) is 0 Å². The van der Waals surface area contributed by atoms with Crippen molar-refractivity contribution in [2.45, 2.75) is 37.0 Å². The number of benzene rings is 1. The third-order valence-electron chi connectivity index (χ3n) is 3.09. The molecular weight excluding hydrogens is 280 g/mol. The fourth-order valence-corrected chi connectivity index (χ4v) is 2.59. The Hall–Kier alpha value is -1.56. The van der Waals surface area contributed by atoms with Gasteiger partial charge >= 0.3 is 0 Å². The molecule has 3 nitrogen and oxygen atoms in total. The number of nitrogens with zero attached hydrogens (tertiary/aromatic N) is 2. The Kier molecular flexibility index (Phi) is 4.65. The standard InChI is InChI=1S/C14H17F2N3S/c1-3-9(2)19-5-4-11(18-19)8-20-14-12(15)6-10(17)7-13(14)16/h4-7,9H,3,8,17H2,1-2H3. The summed E-state index contributed by atoms with van der Waals surface area (Å²) in [6.45, 7) is 4.16. The number of nitrogens with two attached hydrogens (primary N) is 1. The second kappa shape index (κ2) is 6.26. The average molecular weight is 297 g/mol. The third kappa shape index (κ3) is 3.30. The Morgan fingerprint density at radius 1 is 1.35 bits per heavy atom. The van der Waals surface area contributed by atoms with E-state index < -0.39 is 11.6 Å². The smallest absolute Gasteiger partial charge is 0.141 e. The maximum absolute atomic E-state index is 13.6. The number of hydrogen-bond acceptors (Lipinski definition) is 3. The van der Waals surface area contributed by atoms with Crippen LogP contribution in [0.4, 0.5) is 14.5 Å². The van der Waals surface area contributed by atoms with Crippen LogP contribution in [0.25, 0.3) is 0 Å². The Bertz CT molecular complexity index is 575. The fraction of sp³-hybridized carbons (Fsp3) is 0.357. The minimum Gasteiger partial charge on any atom is -0.399 e. The minimum absolute atomic E-state index is 0.0164. The van der Waals surface area contributed by atoms with Gasteiger partial charge in [-0.05, 0) is 31.5 Å². The zero-order chi connectivity index (χ0) is 14.7. The first kappa shape index (κ1) is 14.8. The van der Waals surface area contributed by atoms with Crippen molar-refractivity contribution in [1.82, 2.24) is 9.78 Å². The Balaban J connectivity index is 2.07. The predicted octanol–water partition coefficient (Wildman–Crippen LogP) is 4.01. The van der Waals surface area contributed by atoms with E-state index in [-0.39, 0.29) is 10.6 Å². The predicted molar refractivity (Wildman–Crippen MR) is 77.6 cm³/mol. The molecule has 2 aromatic rings. The number of aromatic nitrogens is 2. The van der Waals surface area contributed by atoms with Gasteiger partial charge in [0.25, 0.3) is 0 Å². The highest BCUT2D eigenvalue weighted by molar-refractivity contribution is 7.98. The Morgan fingerprint density at radius 3 is 2.60 bits per heavy atom. The second-order valence-corrected chi connectivity index (χ2v) is 5.63. The van der Waals surface area contributed by atoms with E-state index in [2.05, 4.69) is 18.9 Å². The van der Waals surface area contributed by atoms with Gasteiger partial charge < -0.3 is 5.73 Å². The molecule has 1 aromatic heterocycles. The van der Waals surface area contributed by atoms with E-state index in [1.807, 2.05) is 16.9 Å². The van der Waals surface area contributed by atoms with Gasteiger partial charge in [-0.2, -0.15) is 5.10 Å². The average Bonchev–Trinajstić information content (AvgIpc) is 2.85. The molecule has 1 unspecified atom stereocenters. The summed E-state index contributed by atoms with van der Waals surface area (Å²) in [6, 6.07) is 4.44. The van der Waals surface area contributed by atoms with Gasteiger partial charge in [0.2, 0.25) is 0 Å². The summed E-state index contributed by atoms with van der Waals surface area (Å²) in [7, 11) is 0. The number of hydrogen-bond donors (Lipinski definition) is 1. The number of nitrogen functional groups attached to an aromatic ring is 1. The van der Waals surface area contributed by atoms with Crippen molar-refractivity contribution >= 4 is 17.4 Å². The first-order valence-electron chi connectivity index (χ1n) is 6.42. The summed E-state index contributed by atoms with van der Waals surface area (Å²) in [5, 5.41) is 4.40. The van der Waals surface area contributed by atoms with Crippen LogP contribution < -0.4 is 5.73 Å². The summed E-state index contributed by atoms with van der Waals surface area (Å²) >= 11 is 1.09. The minimum atomic E-state index is -0.631. The van der Waals surface area contributed by atoms with Crippen LogP contribution in [-0.2, 0) is 5.75 Å². The van der Waals surface area contributed by atoms with Crippen LogP contribution in [0.3, 0.4) is 0 Å². The van der Waals surface area contributed by atoms with Crippen molar-refractivity contribution in [1.29, 1.82) is 0 Å². The summed E-state index contributed by atoms with van der Waals surface area (Å²) < 4.78 is 29.1. The maximum Gasteiger partial charge on any atom is 0.141 e. The molecule has 0 spiro atoms. The number of thioether (sulfide) groups is 1. The molecule has 1 aromatic carbocycles. The highest BCUT2D eigenvalue weighted by Gasteiger charge is 2.12. The zero-order valence-electron chi connectivity index (χ0n) is 11.4. The first-order valence-corrected chi connectivity index (χ1v) is 7.41. The van der Waals surface area contributed by atoms with Gasteiger partial charge in [-0.3, -0.25) is 4.68 Å². The zero-order valence-corrected chi connectivity index (χ0v) is 12.3. The van der Waals surface area contributed by atoms with E-state index in [4.69, 9.17) is 5.73 Å². The van der Waals surface area contributed by atoms with Crippen molar-refractivity contribution < 1.29 is 8.78 Å². The number of halogens is 2. The van der Waals surface area contributed by atoms with Crippen LogP contribution in [0.1, 0.15) is 32.0 Å². The number of rotatable bonds is 5. The summed E-state index contributed by atoms with van der Waals surface area (Å²) in [5.74, 6) is -0.844. The molecular formula is C14H17F2N3S. The van der Waals surface area contributed by atoms with Crippen molar-refractivity contribution in [3.8, 4) is 0 Å². The van der Waals surface area contributed by atoms with Crippen LogP contribution in [0.2, 0.25) is 0 Å². The van der Waals surface area contributed by atoms with Crippen molar-refractivity contribution in [2.24, 2.45) is 0 Å². The molecule has 20 heavy (non-hydrogen) atoms. The molecule has 0 saturated heterocycles. The SMILES string of the molecule is CCC(C)n1ccc(CSc2c(F)cc(N)cc2F)n1. The summed E-state index contributed by atoms with van der Waals surface area (Å²) in [5.41, 5.74) is 6.27. The van der Waals surface area contributed by atoms with Crippen LogP contribution in [0, 0.1) is 11.6 Å². The highest BCUT2D eigenvalue weighted by Crippen LogP contribution is 2.29. The van der Waals surface area contributed by atoms with Gasteiger partial charge in [0.05, 0.1) is 10.6 Å². The maximum atomic E-state index is 13.6. The van der Waals surface area contributed by atoms with E-state index in [0.29, 0.717) is 11.8 Å². The van der Waals surface area contributed by atoms with Gasteiger partial charge in [0.15, 0.2) is 0 Å². The van der Waals surface area contributed by atoms with Crippen molar-refractivity contribution in [2.75, 3.05) is 5.73 Å². The largest absolute Gasteiger partial charge is 0.399 e. The second-order valence-electron chi connectivity index (χ2n) is 4.65. The van der Waals surface area contributed by atoms with Gasteiger partial charge in [-0.1, -0.05) is 6.92 Å². The van der Waals surface area contributed by atoms with E-state index in [9.17, 15) is 8.78 Å². The van der Waals surface area contributed by atoms with Crippen LogP contribution >= 0.6 is 11.8 Å². The van der Waals surface area contributed by atoms with E-state index >= 15 is 0 Å². The molecule has 0 amide bonds. The topological polar surface area (TPSA) is 43.8 Å². The molecule has 1 heterocycles. The lowest BCUT2D eigenvalue weighted by atomic mass is 10.3. The molecule has 0 radical (unpaired) electrons. The quantitative estimate of drug-likeness (QED) is 0.670. The lowest BCUT2D eigenvalue weighted by Crippen LogP contribution is -2.04. The van der Waals surface area contributed by atoms with Crippen LogP contribution in [-0.4, -0.2) is 9.78 Å². The molecule has 2 N–H and O–H groups in total. The van der Waals surface area contributed by atoms with Gasteiger partial charge in [0, 0.05) is 23.7 Å². The van der Waals surface area contributed by atoms with E-state index in [1.54, 1.807) is 0 Å².